The van der Waals surface area contributed by atoms with Gasteiger partial charge in [0, 0.05) is 46.1 Å². The van der Waals surface area contributed by atoms with Gasteiger partial charge in [-0.2, -0.15) is 0 Å². The van der Waals surface area contributed by atoms with Crippen LogP contribution in [-0.4, -0.2) is 106 Å². The average Bonchev–Trinajstić information content (AvgIpc) is 1.61. The van der Waals surface area contributed by atoms with Crippen LogP contribution in [0.3, 0.4) is 0 Å². The van der Waals surface area contributed by atoms with Crippen LogP contribution >= 0.6 is 23.2 Å². The van der Waals surface area contributed by atoms with Crippen molar-refractivity contribution in [2.75, 3.05) is 23.8 Å². The molecule has 5 N–H and O–H groups in total. The lowest BCUT2D eigenvalue weighted by molar-refractivity contribution is -0.156. The van der Waals surface area contributed by atoms with Crippen LogP contribution in [0.5, 0.6) is 0 Å². The highest BCUT2D eigenvalue weighted by Crippen LogP contribution is 2.46. The Morgan fingerprint density at radius 2 is 0.833 bits per heavy atom. The summed E-state index contributed by atoms with van der Waals surface area (Å²) in [4.78, 5) is 110. The van der Waals surface area contributed by atoms with Gasteiger partial charge in [-0.05, 0) is 149 Å². The van der Waals surface area contributed by atoms with Crippen molar-refractivity contribution >= 4 is 82.3 Å². The summed E-state index contributed by atoms with van der Waals surface area (Å²) < 4.78 is 17.4. The maximum Gasteiger partial charge on any atom is 0.410 e. The van der Waals surface area contributed by atoms with Gasteiger partial charge in [0.2, 0.25) is 23.6 Å². The molecule has 2 aliphatic heterocycles. The minimum absolute atomic E-state index is 0.0733. The third-order valence-corrected chi connectivity index (χ3v) is 18.4. The lowest BCUT2D eigenvalue weighted by Gasteiger charge is -2.36. The van der Waals surface area contributed by atoms with Gasteiger partial charge in [-0.3, -0.25) is 38.6 Å². The molecule has 2 aliphatic carbocycles. The van der Waals surface area contributed by atoms with Crippen LogP contribution in [0.15, 0.2) is 182 Å². The number of carbonyl (C=O) groups excluding carboxylic acids is 7. The standard InChI is InChI=1S/C40H40ClN3O6.C36H32ClN3O6/c1-24-19-27(17-18-33(24)41)42-37(46)34(21-36(45)50-40(2,3)4)43-38(47)35-20-25-11-5-6-12-26(25)22-44(35)39(48)49-23-32-30-15-9-7-13-28(30)29-14-8-10-16-31(29)32;1-21-16-24(14-15-30(21)37)38-34(43)31(18-33(41)42)39-35(44)32-17-22-8-2-3-9-23(22)19-40(32)36(45)46-20-29-27-12-6-4-10-25(27)26-11-5-7-13-28(26)29/h5-19,32,34-35H,20-23H2,1-4H3,(H,42,46)(H,43,47);2-16,29,31-32H,17-20H2,1H3,(H,38,43)(H,39,44)(H,41,42)/t34-,35-;31-,32-/m00/s1. The minimum Gasteiger partial charge on any atom is -0.481 e. The molecule has 96 heavy (non-hydrogen) atoms. The highest BCUT2D eigenvalue weighted by Gasteiger charge is 2.41. The molecule has 0 unspecified atom stereocenters. The maximum atomic E-state index is 14.1. The fraction of sp³-hybridized carbons (Fsp3) is 0.263. The van der Waals surface area contributed by atoms with Gasteiger partial charge < -0.3 is 40.6 Å². The first-order chi connectivity index (χ1) is 46.1. The van der Waals surface area contributed by atoms with Crippen molar-refractivity contribution in [1.29, 1.82) is 0 Å². The number of aliphatic carboxylic acids is 1. The van der Waals surface area contributed by atoms with Crippen LogP contribution < -0.4 is 21.3 Å². The fourth-order valence-corrected chi connectivity index (χ4v) is 13.1. The molecule has 0 bridgehead atoms. The minimum atomic E-state index is -1.40. The van der Waals surface area contributed by atoms with E-state index in [-0.39, 0.29) is 51.0 Å². The topological polar surface area (TPSA) is 239 Å². The summed E-state index contributed by atoms with van der Waals surface area (Å²) in [7, 11) is 0. The van der Waals surface area contributed by atoms with Crippen LogP contribution in [0.4, 0.5) is 21.0 Å². The van der Waals surface area contributed by atoms with E-state index in [4.69, 9.17) is 37.4 Å². The third kappa shape index (κ3) is 15.4. The lowest BCUT2D eigenvalue weighted by Crippen LogP contribution is -2.56. The SMILES string of the molecule is Cc1cc(NC(=O)[C@H](CC(=O)O)NC(=O)[C@@H]2Cc3ccccc3CN2C(=O)OCC2c3ccccc3-c3ccccc32)ccc1Cl.Cc1cc(NC(=O)[C@H](CC(=O)OC(C)(C)C)NC(=O)[C@@H]2Cc3ccccc3CN2C(=O)OCC2c3ccccc3-c3ccccc32)ccc1Cl. The highest BCUT2D eigenvalue weighted by atomic mass is 35.5. The van der Waals surface area contributed by atoms with Gasteiger partial charge in [0.05, 0.1) is 25.9 Å². The van der Waals surface area contributed by atoms with Gasteiger partial charge in [-0.1, -0.05) is 169 Å². The number of esters is 1. The van der Waals surface area contributed by atoms with Crippen molar-refractivity contribution < 1.29 is 57.7 Å². The molecule has 2 heterocycles. The number of nitrogens with zero attached hydrogens (tertiary/aromatic N) is 2. The van der Waals surface area contributed by atoms with E-state index in [1.165, 1.54) is 9.80 Å². The molecule has 0 fully saturated rings. The second kappa shape index (κ2) is 29.1. The molecule has 0 saturated heterocycles. The molecule has 4 atom stereocenters. The van der Waals surface area contributed by atoms with Crippen molar-refractivity contribution in [1.82, 2.24) is 20.4 Å². The van der Waals surface area contributed by atoms with Crippen LogP contribution in [0, 0.1) is 13.8 Å². The molecule has 20 heteroatoms. The van der Waals surface area contributed by atoms with E-state index in [0.29, 0.717) is 21.4 Å². The summed E-state index contributed by atoms with van der Waals surface area (Å²) in [6.45, 7) is 9.16. The molecule has 4 aliphatic rings. The molecule has 8 aromatic rings. The van der Waals surface area contributed by atoms with Gasteiger partial charge in [0.1, 0.15) is 43.0 Å². The normalized spacial score (nSPS) is 15.6. The number of benzene rings is 8. The number of nitrogens with one attached hydrogen (secondary N) is 4. The Morgan fingerprint density at radius 1 is 0.490 bits per heavy atom. The van der Waals surface area contributed by atoms with Gasteiger partial charge in [-0.15, -0.1) is 0 Å². The average molecular weight is 1330 g/mol. The number of aryl methyl sites for hydroxylation is 2. The molecule has 0 spiro atoms. The first-order valence-corrected chi connectivity index (χ1v) is 32.4. The highest BCUT2D eigenvalue weighted by molar-refractivity contribution is 6.31. The number of rotatable bonds is 16. The van der Waals surface area contributed by atoms with Crippen LogP contribution in [0.2, 0.25) is 10.0 Å². The molecule has 6 amide bonds. The van der Waals surface area contributed by atoms with Gasteiger partial charge in [0.25, 0.3) is 0 Å². The summed E-state index contributed by atoms with van der Waals surface area (Å²) in [5.74, 6) is -4.82. The number of anilines is 2. The summed E-state index contributed by atoms with van der Waals surface area (Å²) in [6, 6.07) is 52.4. The third-order valence-electron chi connectivity index (χ3n) is 17.5. The van der Waals surface area contributed by atoms with Crippen LogP contribution in [-0.2, 0) is 68.9 Å². The Hall–Kier alpha value is -10.3. The zero-order valence-electron chi connectivity index (χ0n) is 53.5. The van der Waals surface area contributed by atoms with E-state index in [0.717, 1.165) is 77.9 Å². The van der Waals surface area contributed by atoms with E-state index >= 15 is 0 Å². The fourth-order valence-electron chi connectivity index (χ4n) is 12.8. The molecule has 8 aromatic carbocycles. The number of halogens is 2. The Morgan fingerprint density at radius 3 is 1.19 bits per heavy atom. The van der Waals surface area contributed by atoms with Crippen molar-refractivity contribution in [2.45, 2.75) is 115 Å². The number of carboxylic acids is 1. The summed E-state index contributed by atoms with van der Waals surface area (Å²) in [6.07, 6.45) is -2.03. The zero-order valence-corrected chi connectivity index (χ0v) is 55.0. The quantitative estimate of drug-likeness (QED) is 0.0448. The van der Waals surface area contributed by atoms with Gasteiger partial charge in [-0.25, -0.2) is 9.59 Å². The first kappa shape index (κ1) is 67.1. The molecular weight excluding hydrogens is 1260 g/mol. The van der Waals surface area contributed by atoms with Crippen molar-refractivity contribution in [3.8, 4) is 22.3 Å². The van der Waals surface area contributed by atoms with E-state index in [2.05, 4.69) is 45.5 Å². The summed E-state index contributed by atoms with van der Waals surface area (Å²) >= 11 is 12.3. The Balaban J connectivity index is 0.000000196. The predicted octanol–water partition coefficient (Wildman–Crippen LogP) is 13.1. The van der Waals surface area contributed by atoms with Crippen molar-refractivity contribution in [2.24, 2.45) is 0 Å². The number of amides is 6. The molecule has 18 nitrogen and oxygen atoms in total. The number of hydrogen-bond acceptors (Lipinski definition) is 11. The van der Waals surface area contributed by atoms with E-state index in [1.54, 1.807) is 71.0 Å². The second-order valence-corrected chi connectivity index (χ2v) is 26.1. The molecular formula is C76H72Cl2N6O12. The first-order valence-electron chi connectivity index (χ1n) is 31.6. The molecule has 12 rings (SSSR count). The van der Waals surface area contributed by atoms with Crippen molar-refractivity contribution in [3.05, 3.63) is 248 Å². The van der Waals surface area contributed by atoms with Crippen molar-refractivity contribution in [3.63, 3.8) is 0 Å². The lowest BCUT2D eigenvalue weighted by atomic mass is 9.93. The molecule has 492 valence electrons. The largest absolute Gasteiger partial charge is 0.481 e. The smallest absolute Gasteiger partial charge is 0.410 e. The van der Waals surface area contributed by atoms with Crippen LogP contribution in [0.25, 0.3) is 22.3 Å². The number of hydrogen-bond donors (Lipinski definition) is 5. The Bertz CT molecular complexity index is 4250. The van der Waals surface area contributed by atoms with E-state index in [1.807, 2.05) is 121 Å². The van der Waals surface area contributed by atoms with E-state index < -0.39 is 90.4 Å². The molecule has 0 radical (unpaired) electrons. The molecule has 0 aromatic heterocycles. The Kier molecular flexibility index (Phi) is 20.4. The summed E-state index contributed by atoms with van der Waals surface area (Å²) in [5.41, 5.74) is 13.8. The Labute approximate surface area is 566 Å². The molecule has 0 saturated carbocycles. The zero-order chi connectivity index (χ0) is 67.9. The number of carbonyl (C=O) groups is 8. The van der Waals surface area contributed by atoms with Gasteiger partial charge in [0.15, 0.2) is 0 Å². The maximum absolute atomic E-state index is 14.1. The number of carboxylic acid groups (broad SMARTS) is 1. The number of ether oxygens (including phenoxy) is 3. The second-order valence-electron chi connectivity index (χ2n) is 25.3. The van der Waals surface area contributed by atoms with Crippen LogP contribution in [0.1, 0.15) is 101 Å². The monoisotopic (exact) mass is 1330 g/mol. The predicted molar refractivity (Wildman–Crippen MR) is 365 cm³/mol. The number of fused-ring (bicyclic) bond motifs is 8. The van der Waals surface area contributed by atoms with E-state index in [9.17, 15) is 43.5 Å². The van der Waals surface area contributed by atoms with Gasteiger partial charge >= 0.3 is 24.1 Å². The summed E-state index contributed by atoms with van der Waals surface area (Å²) in [5, 5.41) is 21.4.